The van der Waals surface area contributed by atoms with Crippen LogP contribution >= 0.6 is 0 Å². The second kappa shape index (κ2) is 10.2. The third-order valence-electron chi connectivity index (χ3n) is 0. The van der Waals surface area contributed by atoms with Crippen LogP contribution in [0.1, 0.15) is 0 Å². The average Bonchev–Trinajstić information content (AvgIpc) is 0.811. The molecule has 0 rings (SSSR count). The Morgan fingerprint density at radius 1 is 1.00 bits per heavy atom. The van der Waals surface area contributed by atoms with Crippen LogP contribution in [0.2, 0.25) is 0 Å². The molecular formula is H4BLaNaO3. The fourth-order valence-corrected chi connectivity index (χ4v) is 0. The fraction of sp³-hybridized carbons (Fsp3) is 0. The molecule has 6 heavy (non-hydrogen) atoms. The van der Waals surface area contributed by atoms with Gasteiger partial charge in [0.25, 0.3) is 0 Å². The van der Waals surface area contributed by atoms with E-state index in [0.29, 0.717) is 0 Å². The molecule has 0 aromatic carbocycles. The van der Waals surface area contributed by atoms with Crippen molar-refractivity contribution in [2.45, 2.75) is 0 Å². The molecule has 0 heterocycles. The van der Waals surface area contributed by atoms with Gasteiger partial charge in [0.2, 0.25) is 0 Å². The van der Waals surface area contributed by atoms with E-state index in [4.69, 9.17) is 15.1 Å². The zero-order chi connectivity index (χ0) is 3.58. The molecule has 0 aromatic rings. The number of hydrogen-bond acceptors (Lipinski definition) is 3. The van der Waals surface area contributed by atoms with E-state index in [0.717, 1.165) is 0 Å². The quantitative estimate of drug-likeness (QED) is 0.393. The molecule has 0 aliphatic rings. The fourth-order valence-electron chi connectivity index (χ4n) is 0. The van der Waals surface area contributed by atoms with E-state index in [2.05, 4.69) is 0 Å². The van der Waals surface area contributed by atoms with Gasteiger partial charge in [0.15, 0.2) is 0 Å². The molecule has 0 atom stereocenters. The van der Waals surface area contributed by atoms with Gasteiger partial charge < -0.3 is 15.1 Å². The van der Waals surface area contributed by atoms with E-state index >= 15 is 0 Å². The Bertz CT molecular complexity index is 15.5. The molecule has 0 bridgehead atoms. The Morgan fingerprint density at radius 2 is 1.00 bits per heavy atom. The zero-order valence-electron chi connectivity index (χ0n) is 2.50. The van der Waals surface area contributed by atoms with Gasteiger partial charge in [0.1, 0.15) is 0 Å². The first kappa shape index (κ1) is 15.7. The molecule has 0 fully saturated rings. The first-order chi connectivity index (χ1) is 1.73. The maximum atomic E-state index is 7.17. The summed E-state index contributed by atoms with van der Waals surface area (Å²) in [6.07, 6.45) is 0. The normalized spacial score (nSPS) is 4.50. The van der Waals surface area contributed by atoms with E-state index in [-0.39, 0.29) is 65.2 Å². The van der Waals surface area contributed by atoms with Crippen molar-refractivity contribution in [3.05, 3.63) is 0 Å². The molecule has 0 unspecified atom stereocenters. The molecule has 6 heteroatoms. The molecule has 0 aromatic heterocycles. The third-order valence-corrected chi connectivity index (χ3v) is 0. The van der Waals surface area contributed by atoms with Crippen LogP contribution < -0.4 is 0 Å². The minimum atomic E-state index is -2.17. The second-order valence-corrected chi connectivity index (χ2v) is 0.346. The summed E-state index contributed by atoms with van der Waals surface area (Å²) < 4.78 is 0. The van der Waals surface area contributed by atoms with Crippen LogP contribution in [0.15, 0.2) is 0 Å². The first-order valence-corrected chi connectivity index (χ1v) is 0.775. The van der Waals surface area contributed by atoms with E-state index in [1.165, 1.54) is 0 Å². The molecule has 0 spiro atoms. The van der Waals surface area contributed by atoms with Crippen LogP contribution in [0.3, 0.4) is 0 Å². The zero-order valence-corrected chi connectivity index (χ0v) is 6.12. The Morgan fingerprint density at radius 3 is 1.00 bits per heavy atom. The van der Waals surface area contributed by atoms with Crippen molar-refractivity contribution in [1.29, 1.82) is 0 Å². The van der Waals surface area contributed by atoms with Gasteiger partial charge in [0.05, 0.1) is 0 Å². The molecule has 0 aliphatic heterocycles. The van der Waals surface area contributed by atoms with Crippen LogP contribution in [-0.2, 0) is 0 Å². The van der Waals surface area contributed by atoms with Gasteiger partial charge >= 0.3 is 36.9 Å². The van der Waals surface area contributed by atoms with Gasteiger partial charge in [0, 0.05) is 35.6 Å². The Kier molecular flexibility index (Phi) is 26.7. The van der Waals surface area contributed by atoms with Gasteiger partial charge in [-0.05, 0) is 0 Å². The molecule has 0 saturated carbocycles. The summed E-state index contributed by atoms with van der Waals surface area (Å²) in [5, 5.41) is 21.5. The topological polar surface area (TPSA) is 60.7 Å². The third kappa shape index (κ3) is 35.4. The van der Waals surface area contributed by atoms with E-state index in [1.807, 2.05) is 0 Å². The second-order valence-electron chi connectivity index (χ2n) is 0.346. The minimum absolute atomic E-state index is 0. The molecule has 0 amide bonds. The summed E-state index contributed by atoms with van der Waals surface area (Å²) in [4.78, 5) is 0. The van der Waals surface area contributed by atoms with E-state index in [9.17, 15) is 0 Å². The van der Waals surface area contributed by atoms with E-state index in [1.54, 1.807) is 0 Å². The van der Waals surface area contributed by atoms with Crippen molar-refractivity contribution >= 4 is 36.9 Å². The van der Waals surface area contributed by atoms with Crippen LogP contribution in [0.4, 0.5) is 0 Å². The number of rotatable bonds is 0. The molecule has 1 radical (unpaired) electrons. The summed E-state index contributed by atoms with van der Waals surface area (Å²) in [5.74, 6) is 0. The van der Waals surface area contributed by atoms with Crippen molar-refractivity contribution in [2.75, 3.05) is 0 Å². The molecule has 29 valence electrons. The summed E-state index contributed by atoms with van der Waals surface area (Å²) in [6, 6.07) is 0. The Balaban J connectivity index is -0.0000000450. The predicted octanol–water partition coefficient (Wildman–Crippen LogP) is -2.70. The van der Waals surface area contributed by atoms with Crippen molar-refractivity contribution in [3.63, 3.8) is 0 Å². The molecule has 0 saturated heterocycles. The van der Waals surface area contributed by atoms with Gasteiger partial charge in [-0.2, -0.15) is 0 Å². The van der Waals surface area contributed by atoms with Gasteiger partial charge in [-0.25, -0.2) is 0 Å². The molecule has 3 N–H and O–H groups in total. The average molecular weight is 225 g/mol. The van der Waals surface area contributed by atoms with Crippen molar-refractivity contribution in [2.24, 2.45) is 0 Å². The van der Waals surface area contributed by atoms with Crippen molar-refractivity contribution in [1.82, 2.24) is 0 Å². The summed E-state index contributed by atoms with van der Waals surface area (Å²) >= 11 is 0. The van der Waals surface area contributed by atoms with Crippen LogP contribution in [0.25, 0.3) is 0 Å². The standard InChI is InChI=1S/BH3O3.La.Na.H/c2-1(3)4;;;/h2-4H;;;. The van der Waals surface area contributed by atoms with Crippen molar-refractivity contribution < 1.29 is 50.7 Å². The number of hydrogen-bond donors (Lipinski definition) is 3. The summed E-state index contributed by atoms with van der Waals surface area (Å²) in [6.45, 7) is 0. The van der Waals surface area contributed by atoms with Crippen molar-refractivity contribution in [3.8, 4) is 0 Å². The van der Waals surface area contributed by atoms with E-state index < -0.39 is 7.32 Å². The van der Waals surface area contributed by atoms with Crippen LogP contribution in [0.5, 0.6) is 0 Å². The first-order valence-electron chi connectivity index (χ1n) is 0.775. The summed E-state index contributed by atoms with van der Waals surface area (Å²) in [7, 11) is -2.17. The Hall–Kier alpha value is 2.14. The Labute approximate surface area is 86.2 Å². The van der Waals surface area contributed by atoms with Crippen LogP contribution in [0, 0.1) is 35.6 Å². The van der Waals surface area contributed by atoms with Crippen LogP contribution in [-0.4, -0.2) is 52.0 Å². The van der Waals surface area contributed by atoms with Gasteiger partial charge in [-0.1, -0.05) is 0 Å². The summed E-state index contributed by atoms with van der Waals surface area (Å²) in [5.41, 5.74) is 0. The monoisotopic (exact) mass is 225 g/mol. The van der Waals surface area contributed by atoms with Gasteiger partial charge in [-0.15, -0.1) is 0 Å². The molecular weight excluding hydrogens is 221 g/mol. The molecule has 3 nitrogen and oxygen atoms in total. The molecule has 0 aliphatic carbocycles. The SMILES string of the molecule is OB(O)O.[La].[NaH]. The van der Waals surface area contributed by atoms with Gasteiger partial charge in [-0.3, -0.25) is 0 Å². The predicted molar refractivity (Wildman–Crippen MR) is 19.6 cm³/mol. The maximum absolute atomic E-state index is 7.17.